The van der Waals surface area contributed by atoms with E-state index < -0.39 is 0 Å². The van der Waals surface area contributed by atoms with Gasteiger partial charge in [-0.2, -0.15) is 0 Å². The number of rotatable bonds is 5. The summed E-state index contributed by atoms with van der Waals surface area (Å²) in [6.07, 6.45) is 0.796. The minimum atomic E-state index is -0.270. The first kappa shape index (κ1) is 15.0. The molecule has 0 heterocycles. The first-order valence-electron chi connectivity index (χ1n) is 6.53. The van der Waals surface area contributed by atoms with E-state index in [-0.39, 0.29) is 22.9 Å². The molecule has 0 aromatic heterocycles. The van der Waals surface area contributed by atoms with Gasteiger partial charge >= 0.3 is 0 Å². The molecule has 2 rings (SSSR count). The van der Waals surface area contributed by atoms with Gasteiger partial charge in [0.25, 0.3) is 0 Å². The van der Waals surface area contributed by atoms with Gasteiger partial charge in [-0.1, -0.05) is 25.1 Å². The lowest BCUT2D eigenvalue weighted by molar-refractivity contribution is 0.616. The van der Waals surface area contributed by atoms with Crippen molar-refractivity contribution in [1.82, 2.24) is 0 Å². The second kappa shape index (κ2) is 6.86. The molecule has 2 aromatic carbocycles. The Morgan fingerprint density at radius 2 is 1.75 bits per heavy atom. The molecule has 106 valence electrons. The molecule has 0 aliphatic carbocycles. The molecular formula is C16H17F2NS. The maximum atomic E-state index is 13.3. The number of nitrogens with two attached hydrogens (primary N) is 1. The Labute approximate surface area is 122 Å². The quantitative estimate of drug-likeness (QED) is 0.819. The lowest BCUT2D eigenvalue weighted by Crippen LogP contribution is -2.25. The first-order valence-corrected chi connectivity index (χ1v) is 7.41. The number of hydrogen-bond acceptors (Lipinski definition) is 2. The van der Waals surface area contributed by atoms with Gasteiger partial charge in [-0.15, -0.1) is 11.8 Å². The van der Waals surface area contributed by atoms with Crippen molar-refractivity contribution in [3.8, 4) is 0 Å². The molecule has 0 aliphatic heterocycles. The van der Waals surface area contributed by atoms with Gasteiger partial charge in [-0.25, -0.2) is 8.78 Å². The first-order chi connectivity index (χ1) is 9.60. The molecule has 0 fully saturated rings. The Morgan fingerprint density at radius 1 is 1.05 bits per heavy atom. The van der Waals surface area contributed by atoms with Gasteiger partial charge in [0.15, 0.2) is 0 Å². The topological polar surface area (TPSA) is 26.0 Å². The Kier molecular flexibility index (Phi) is 5.15. The molecule has 2 unspecified atom stereocenters. The number of benzene rings is 2. The number of halogens is 2. The van der Waals surface area contributed by atoms with E-state index in [1.165, 1.54) is 36.0 Å². The van der Waals surface area contributed by atoms with Crippen LogP contribution in [0.15, 0.2) is 53.4 Å². The Bertz CT molecular complexity index is 557. The molecule has 0 radical (unpaired) electrons. The van der Waals surface area contributed by atoms with E-state index in [2.05, 4.69) is 0 Å². The van der Waals surface area contributed by atoms with E-state index in [4.69, 9.17) is 5.73 Å². The molecule has 2 aromatic rings. The molecule has 2 N–H and O–H groups in total. The molecule has 1 nitrogen and oxygen atoms in total. The van der Waals surface area contributed by atoms with E-state index in [0.29, 0.717) is 0 Å². The standard InChI is InChI=1S/C16H17F2NS/c1-2-15(19)16(11-6-8-12(17)9-7-11)20-14-5-3-4-13(18)10-14/h3-10,15-16H,2,19H2,1H3. The van der Waals surface area contributed by atoms with Gasteiger partial charge < -0.3 is 5.73 Å². The van der Waals surface area contributed by atoms with Crippen LogP contribution >= 0.6 is 11.8 Å². The van der Waals surface area contributed by atoms with Crippen molar-refractivity contribution in [2.24, 2.45) is 5.73 Å². The third-order valence-electron chi connectivity index (χ3n) is 3.12. The van der Waals surface area contributed by atoms with Gasteiger partial charge in [-0.05, 0) is 42.3 Å². The van der Waals surface area contributed by atoms with Gasteiger partial charge in [-0.3, -0.25) is 0 Å². The fourth-order valence-corrected chi connectivity index (χ4v) is 3.25. The van der Waals surface area contributed by atoms with E-state index in [9.17, 15) is 8.78 Å². The average Bonchev–Trinajstić information content (AvgIpc) is 2.45. The summed E-state index contributed by atoms with van der Waals surface area (Å²) in [6.45, 7) is 2.01. The molecule has 0 spiro atoms. The van der Waals surface area contributed by atoms with Crippen LogP contribution in [0.3, 0.4) is 0 Å². The number of hydrogen-bond donors (Lipinski definition) is 1. The maximum Gasteiger partial charge on any atom is 0.124 e. The Balaban J connectivity index is 2.26. The maximum absolute atomic E-state index is 13.3. The second-order valence-corrected chi connectivity index (χ2v) is 5.83. The second-order valence-electron chi connectivity index (χ2n) is 4.62. The lowest BCUT2D eigenvalue weighted by Gasteiger charge is -2.23. The van der Waals surface area contributed by atoms with Crippen molar-refractivity contribution >= 4 is 11.8 Å². The van der Waals surface area contributed by atoms with E-state index >= 15 is 0 Å². The van der Waals surface area contributed by atoms with Crippen LogP contribution in [-0.2, 0) is 0 Å². The van der Waals surface area contributed by atoms with Crippen LogP contribution < -0.4 is 5.73 Å². The van der Waals surface area contributed by atoms with Crippen molar-refractivity contribution in [2.75, 3.05) is 0 Å². The summed E-state index contributed by atoms with van der Waals surface area (Å²) in [4.78, 5) is 0.822. The predicted molar refractivity (Wildman–Crippen MR) is 79.7 cm³/mol. The van der Waals surface area contributed by atoms with Crippen LogP contribution in [0, 0.1) is 11.6 Å². The van der Waals surface area contributed by atoms with Gasteiger partial charge in [0.2, 0.25) is 0 Å². The minimum Gasteiger partial charge on any atom is -0.326 e. The van der Waals surface area contributed by atoms with Crippen LogP contribution in [0.25, 0.3) is 0 Å². The highest BCUT2D eigenvalue weighted by molar-refractivity contribution is 7.99. The predicted octanol–water partition coefficient (Wildman–Crippen LogP) is 4.54. The zero-order chi connectivity index (χ0) is 14.5. The summed E-state index contributed by atoms with van der Waals surface area (Å²) in [6, 6.07) is 12.7. The highest BCUT2D eigenvalue weighted by atomic mass is 32.2. The normalized spacial score (nSPS) is 14.0. The largest absolute Gasteiger partial charge is 0.326 e. The highest BCUT2D eigenvalue weighted by Gasteiger charge is 2.20. The van der Waals surface area contributed by atoms with Crippen molar-refractivity contribution in [3.63, 3.8) is 0 Å². The monoisotopic (exact) mass is 293 g/mol. The van der Waals surface area contributed by atoms with Crippen LogP contribution in [0.2, 0.25) is 0 Å². The summed E-state index contributed by atoms with van der Waals surface area (Å²) in [5.41, 5.74) is 7.12. The molecule has 4 heteroatoms. The summed E-state index contributed by atoms with van der Waals surface area (Å²) in [5, 5.41) is -0.0256. The van der Waals surface area contributed by atoms with Crippen LogP contribution in [0.4, 0.5) is 8.78 Å². The van der Waals surface area contributed by atoms with Crippen molar-refractivity contribution in [3.05, 3.63) is 65.7 Å². The minimum absolute atomic E-state index is 0.0256. The zero-order valence-corrected chi connectivity index (χ0v) is 12.0. The average molecular weight is 293 g/mol. The molecule has 0 aliphatic rings. The molecule has 0 bridgehead atoms. The van der Waals surface area contributed by atoms with Gasteiger partial charge in [0.05, 0.1) is 0 Å². The van der Waals surface area contributed by atoms with Crippen molar-refractivity contribution < 1.29 is 8.78 Å². The third-order valence-corrected chi connectivity index (χ3v) is 4.52. The van der Waals surface area contributed by atoms with Gasteiger partial charge in [0, 0.05) is 16.2 Å². The van der Waals surface area contributed by atoms with E-state index in [0.717, 1.165) is 16.9 Å². The molecule has 0 saturated carbocycles. The van der Waals surface area contributed by atoms with E-state index in [1.54, 1.807) is 18.2 Å². The summed E-state index contributed by atoms with van der Waals surface area (Å²) in [5.74, 6) is -0.536. The lowest BCUT2D eigenvalue weighted by atomic mass is 10.0. The highest BCUT2D eigenvalue weighted by Crippen LogP contribution is 2.38. The number of thioether (sulfide) groups is 1. The van der Waals surface area contributed by atoms with Crippen molar-refractivity contribution in [1.29, 1.82) is 0 Å². The van der Waals surface area contributed by atoms with Gasteiger partial charge in [0.1, 0.15) is 11.6 Å². The molecule has 0 saturated heterocycles. The van der Waals surface area contributed by atoms with Crippen LogP contribution in [0.1, 0.15) is 24.2 Å². The summed E-state index contributed by atoms with van der Waals surface area (Å²) in [7, 11) is 0. The smallest absolute Gasteiger partial charge is 0.124 e. The van der Waals surface area contributed by atoms with Crippen LogP contribution in [-0.4, -0.2) is 6.04 Å². The van der Waals surface area contributed by atoms with Crippen LogP contribution in [0.5, 0.6) is 0 Å². The fourth-order valence-electron chi connectivity index (χ4n) is 1.96. The van der Waals surface area contributed by atoms with Crippen molar-refractivity contribution in [2.45, 2.75) is 29.5 Å². The van der Waals surface area contributed by atoms with E-state index in [1.807, 2.05) is 13.0 Å². The zero-order valence-electron chi connectivity index (χ0n) is 11.2. The summed E-state index contributed by atoms with van der Waals surface area (Å²) < 4.78 is 26.3. The Hall–Kier alpha value is -1.39. The summed E-state index contributed by atoms with van der Waals surface area (Å²) >= 11 is 1.51. The molecule has 0 amide bonds. The Morgan fingerprint density at radius 3 is 2.35 bits per heavy atom. The molecule has 20 heavy (non-hydrogen) atoms. The SMILES string of the molecule is CCC(N)C(Sc1cccc(F)c1)c1ccc(F)cc1. The molecular weight excluding hydrogens is 276 g/mol. The third kappa shape index (κ3) is 3.81. The molecule has 2 atom stereocenters. The fraction of sp³-hybridized carbons (Fsp3) is 0.250.